The van der Waals surface area contributed by atoms with Gasteiger partial charge in [0.25, 0.3) is 5.56 Å². The molecule has 0 saturated carbocycles. The van der Waals surface area contributed by atoms with E-state index >= 15 is 0 Å². The summed E-state index contributed by atoms with van der Waals surface area (Å²) in [7, 11) is 0. The van der Waals surface area contributed by atoms with E-state index < -0.39 is 11.8 Å². The second-order valence-electron chi connectivity index (χ2n) is 15.0. The van der Waals surface area contributed by atoms with E-state index in [1.165, 1.54) is 10.5 Å². The maximum Gasteiger partial charge on any atom is 0.261 e. The molecule has 3 N–H and O–H groups in total. The summed E-state index contributed by atoms with van der Waals surface area (Å²) in [5.41, 5.74) is 8.24. The number of anilines is 4. The molecule has 1 aliphatic rings. The first-order chi connectivity index (χ1) is 28.3. The minimum Gasteiger partial charge on any atom is -0.372 e. The van der Waals surface area contributed by atoms with Crippen molar-refractivity contribution in [2.24, 2.45) is 0 Å². The molecular formula is C48H52N6O4. The number of aryl methyl sites for hydroxylation is 1. The summed E-state index contributed by atoms with van der Waals surface area (Å²) in [6.07, 6.45) is 4.59. The molecule has 0 saturated heterocycles. The van der Waals surface area contributed by atoms with E-state index in [1.807, 2.05) is 78.6 Å². The summed E-state index contributed by atoms with van der Waals surface area (Å²) in [4.78, 5) is 40.7. The number of unbranched alkanes of at least 4 members (excludes halogenated alkanes) is 4. The number of rotatable bonds is 17. The molecule has 10 heteroatoms. The molecule has 2 aromatic heterocycles. The number of nitriles is 1. The zero-order chi connectivity index (χ0) is 40.8. The van der Waals surface area contributed by atoms with Crippen molar-refractivity contribution in [1.29, 1.82) is 5.26 Å². The highest BCUT2D eigenvalue weighted by Gasteiger charge is 2.37. The van der Waals surface area contributed by atoms with Crippen molar-refractivity contribution in [3.63, 3.8) is 0 Å². The Kier molecular flexibility index (Phi) is 12.4. The van der Waals surface area contributed by atoms with Gasteiger partial charge in [0, 0.05) is 54.9 Å². The Morgan fingerprint density at radius 3 is 2.17 bits per heavy atom. The molecule has 1 unspecified atom stereocenters. The predicted octanol–water partition coefficient (Wildman–Crippen LogP) is 10.8. The Labute approximate surface area is 340 Å². The molecule has 0 aliphatic heterocycles. The van der Waals surface area contributed by atoms with Gasteiger partial charge in [-0.1, -0.05) is 111 Å². The van der Waals surface area contributed by atoms with Crippen molar-refractivity contribution in [2.45, 2.75) is 84.8 Å². The number of benzene rings is 4. The van der Waals surface area contributed by atoms with Gasteiger partial charge in [-0.3, -0.25) is 14.5 Å². The number of nitrogens with one attached hydrogen (secondary N) is 2. The molecule has 1 aliphatic carbocycles. The van der Waals surface area contributed by atoms with Crippen LogP contribution >= 0.6 is 0 Å². The standard InChI is InChI=1S/C48H52N6O4/c1-5-8-9-10-14-25-43(55)50-42-30-44(56)54-47(51-42)40(31-49)46(33-19-12-11-13-20-33)48(54)53(41-27-26-34(28-32(41)4)52(6-2)7-3)45(58-57)29-39-37-23-17-15-21-35(37)36-22-16-18-24-38(36)39/h11-13,15-24,26-28,30,39,45,51,57H,5-10,14,25,29H2,1-4H3,(H,50,55). The van der Waals surface area contributed by atoms with E-state index in [0.717, 1.165) is 78.7 Å². The molecule has 0 fully saturated rings. The zero-order valence-electron chi connectivity index (χ0n) is 33.8. The molecule has 6 aromatic rings. The maximum atomic E-state index is 14.6. The van der Waals surface area contributed by atoms with Crippen LogP contribution in [0.3, 0.4) is 0 Å². The first kappa shape index (κ1) is 40.1. The Balaban J connectivity index is 1.44. The van der Waals surface area contributed by atoms with E-state index in [2.05, 4.69) is 72.4 Å². The van der Waals surface area contributed by atoms with E-state index in [-0.39, 0.29) is 28.9 Å². The van der Waals surface area contributed by atoms with Gasteiger partial charge in [-0.25, -0.2) is 14.5 Å². The zero-order valence-corrected chi connectivity index (χ0v) is 33.8. The Bertz CT molecular complexity index is 2450. The van der Waals surface area contributed by atoms with Crippen molar-refractivity contribution in [3.8, 4) is 28.3 Å². The van der Waals surface area contributed by atoms with Crippen LogP contribution in [0, 0.1) is 18.3 Å². The average molecular weight is 777 g/mol. The van der Waals surface area contributed by atoms with Crippen LogP contribution in [0.25, 0.3) is 27.9 Å². The van der Waals surface area contributed by atoms with Crippen LogP contribution in [0.1, 0.15) is 93.9 Å². The van der Waals surface area contributed by atoms with Gasteiger partial charge in [-0.2, -0.15) is 5.26 Å². The van der Waals surface area contributed by atoms with Crippen LogP contribution < -0.4 is 20.7 Å². The van der Waals surface area contributed by atoms with Crippen molar-refractivity contribution in [2.75, 3.05) is 28.2 Å². The third kappa shape index (κ3) is 7.76. The number of fused-ring (bicyclic) bond motifs is 4. The van der Waals surface area contributed by atoms with E-state index in [0.29, 0.717) is 35.5 Å². The number of hydrogen-bond donors (Lipinski definition) is 3. The lowest BCUT2D eigenvalue weighted by molar-refractivity contribution is -0.278. The molecule has 10 nitrogen and oxygen atoms in total. The van der Waals surface area contributed by atoms with Gasteiger partial charge in [0.1, 0.15) is 28.9 Å². The van der Waals surface area contributed by atoms with Gasteiger partial charge < -0.3 is 15.2 Å². The number of carbonyl (C=O) groups excluding carboxylic acids is 1. The summed E-state index contributed by atoms with van der Waals surface area (Å²) >= 11 is 0. The molecular weight excluding hydrogens is 725 g/mol. The number of carbonyl (C=O) groups is 1. The number of amides is 1. The monoisotopic (exact) mass is 776 g/mol. The fraction of sp³-hybridized carbons (Fsp3) is 0.312. The lowest BCUT2D eigenvalue weighted by Crippen LogP contribution is -2.37. The SMILES string of the molecule is CCCCCCCC(=O)Nc1cc(=O)n2c(N(c3ccc(N(CC)CC)cc3C)C(CC3c4ccccc4-c4ccccc43)OO)c(-c3ccccc3)c(C#N)c2[nH]1. The van der Waals surface area contributed by atoms with Crippen molar-refractivity contribution in [3.05, 3.63) is 136 Å². The van der Waals surface area contributed by atoms with Gasteiger partial charge in [0.05, 0.1) is 0 Å². The van der Waals surface area contributed by atoms with Gasteiger partial charge in [-0.15, -0.1) is 0 Å². The number of aromatic nitrogens is 2. The van der Waals surface area contributed by atoms with Crippen LogP contribution in [-0.4, -0.2) is 39.9 Å². The average Bonchev–Trinajstić information content (AvgIpc) is 3.74. The molecule has 58 heavy (non-hydrogen) atoms. The number of aromatic amines is 1. The fourth-order valence-electron chi connectivity index (χ4n) is 8.64. The first-order valence-corrected chi connectivity index (χ1v) is 20.5. The van der Waals surface area contributed by atoms with Gasteiger partial charge >= 0.3 is 0 Å². The summed E-state index contributed by atoms with van der Waals surface area (Å²) in [6, 6.07) is 35.9. The summed E-state index contributed by atoms with van der Waals surface area (Å²) in [6.45, 7) is 10.0. The Hall–Kier alpha value is -6.15. The molecule has 1 amide bonds. The third-order valence-electron chi connectivity index (χ3n) is 11.4. The predicted molar refractivity (Wildman–Crippen MR) is 233 cm³/mol. The minimum absolute atomic E-state index is 0.161. The molecule has 7 rings (SSSR count). The minimum atomic E-state index is -1.04. The molecule has 298 valence electrons. The normalized spacial score (nSPS) is 12.6. The number of nitrogens with zero attached hydrogens (tertiary/aromatic N) is 4. The van der Waals surface area contributed by atoms with Gasteiger partial charge in [0.2, 0.25) is 5.91 Å². The molecule has 0 spiro atoms. The maximum absolute atomic E-state index is 14.6. The highest BCUT2D eigenvalue weighted by atomic mass is 17.1. The molecule has 0 bridgehead atoms. The van der Waals surface area contributed by atoms with Crippen LogP contribution in [-0.2, 0) is 9.68 Å². The van der Waals surface area contributed by atoms with Gasteiger partial charge in [-0.05, 0) is 78.8 Å². The smallest absolute Gasteiger partial charge is 0.261 e. The number of H-pyrrole nitrogens is 1. The molecule has 0 radical (unpaired) electrons. The number of hydrogen-bond acceptors (Lipinski definition) is 7. The summed E-state index contributed by atoms with van der Waals surface area (Å²) in [5.74, 6) is 0.189. The highest BCUT2D eigenvalue weighted by molar-refractivity contribution is 5.94. The van der Waals surface area contributed by atoms with Crippen molar-refractivity contribution in [1.82, 2.24) is 9.38 Å². The summed E-state index contributed by atoms with van der Waals surface area (Å²) < 4.78 is 1.47. The van der Waals surface area contributed by atoms with E-state index in [4.69, 9.17) is 4.89 Å². The first-order valence-electron chi connectivity index (χ1n) is 20.5. The van der Waals surface area contributed by atoms with E-state index in [9.17, 15) is 20.1 Å². The third-order valence-corrected chi connectivity index (χ3v) is 11.4. The van der Waals surface area contributed by atoms with Crippen molar-refractivity contribution < 1.29 is 14.9 Å². The summed E-state index contributed by atoms with van der Waals surface area (Å²) in [5, 5.41) is 25.0. The second kappa shape index (κ2) is 18.0. The quantitative estimate of drug-likeness (QED) is 0.0364. The van der Waals surface area contributed by atoms with Crippen LogP contribution in [0.15, 0.2) is 108 Å². The van der Waals surface area contributed by atoms with E-state index in [1.54, 1.807) is 0 Å². The molecule has 2 heterocycles. The topological polar surface area (TPSA) is 126 Å². The second-order valence-corrected chi connectivity index (χ2v) is 15.0. The Morgan fingerprint density at radius 2 is 1.55 bits per heavy atom. The lowest BCUT2D eigenvalue weighted by atomic mass is 9.92. The van der Waals surface area contributed by atoms with Crippen molar-refractivity contribution >= 4 is 34.6 Å². The van der Waals surface area contributed by atoms with Crippen LogP contribution in [0.5, 0.6) is 0 Å². The largest absolute Gasteiger partial charge is 0.372 e. The van der Waals surface area contributed by atoms with Crippen LogP contribution in [0.4, 0.5) is 23.0 Å². The van der Waals surface area contributed by atoms with Crippen LogP contribution in [0.2, 0.25) is 0 Å². The Morgan fingerprint density at radius 1 is 0.897 bits per heavy atom. The molecule has 1 atom stereocenters. The lowest BCUT2D eigenvalue weighted by Gasteiger charge is -2.35. The molecule has 4 aromatic carbocycles. The highest BCUT2D eigenvalue weighted by Crippen LogP contribution is 2.49. The fourth-order valence-corrected chi connectivity index (χ4v) is 8.64. The van der Waals surface area contributed by atoms with Gasteiger partial charge in [0.15, 0.2) is 6.23 Å².